The monoisotopic (exact) mass is 278 g/mol. The van der Waals surface area contributed by atoms with Crippen LogP contribution in [0.4, 0.5) is 5.69 Å². The van der Waals surface area contributed by atoms with Crippen molar-refractivity contribution in [1.82, 2.24) is 5.32 Å². The zero-order valence-electron chi connectivity index (χ0n) is 11.6. The normalized spacial score (nSPS) is 10.1. The van der Waals surface area contributed by atoms with E-state index in [0.29, 0.717) is 17.8 Å². The van der Waals surface area contributed by atoms with Crippen LogP contribution in [0.1, 0.15) is 26.7 Å². The van der Waals surface area contributed by atoms with Crippen molar-refractivity contribution in [2.45, 2.75) is 32.7 Å². The molecule has 0 fully saturated rings. The van der Waals surface area contributed by atoms with Crippen molar-refractivity contribution in [3.8, 4) is 5.75 Å². The van der Waals surface area contributed by atoms with Crippen LogP contribution in [0.25, 0.3) is 0 Å². The predicted octanol–water partition coefficient (Wildman–Crippen LogP) is 3.73. The van der Waals surface area contributed by atoms with Crippen molar-refractivity contribution >= 4 is 23.0 Å². The van der Waals surface area contributed by atoms with Gasteiger partial charge >= 0.3 is 0 Å². The van der Waals surface area contributed by atoms with Crippen LogP contribution in [0.15, 0.2) is 36.9 Å². The summed E-state index contributed by atoms with van der Waals surface area (Å²) in [5.74, 6) is 0.823. The van der Waals surface area contributed by atoms with Gasteiger partial charge < -0.3 is 15.4 Å². The van der Waals surface area contributed by atoms with E-state index in [0.717, 1.165) is 24.3 Å². The number of hydrogen-bond donors (Lipinski definition) is 2. The lowest BCUT2D eigenvalue weighted by atomic mass is 10.2. The highest BCUT2D eigenvalue weighted by molar-refractivity contribution is 7.80. The van der Waals surface area contributed by atoms with Crippen molar-refractivity contribution in [3.05, 3.63) is 36.9 Å². The molecule has 104 valence electrons. The third-order valence-corrected chi connectivity index (χ3v) is 3.02. The zero-order chi connectivity index (χ0) is 14.1. The number of anilines is 1. The van der Waals surface area contributed by atoms with E-state index in [4.69, 9.17) is 17.0 Å². The van der Waals surface area contributed by atoms with Gasteiger partial charge in [0.15, 0.2) is 5.11 Å². The van der Waals surface area contributed by atoms with Crippen molar-refractivity contribution in [2.24, 2.45) is 0 Å². The molecule has 19 heavy (non-hydrogen) atoms. The summed E-state index contributed by atoms with van der Waals surface area (Å²) in [4.78, 5) is 0. The highest BCUT2D eigenvalue weighted by atomic mass is 32.1. The number of benzene rings is 1. The minimum atomic E-state index is 0.426. The fourth-order valence-electron chi connectivity index (χ4n) is 1.64. The first-order valence-electron chi connectivity index (χ1n) is 6.60. The lowest BCUT2D eigenvalue weighted by Crippen LogP contribution is -2.36. The molecule has 0 aliphatic rings. The molecule has 0 aliphatic carbocycles. The maximum atomic E-state index is 5.42. The standard InChI is InChI=1S/C15H22N2OS/c1-4-11-18-14-9-7-13(8-10-14)17-15(19)16-12(5-2)6-3/h4,7-10,12H,1,5-6,11H2,2-3H3,(H2,16,17,19). The second-order valence-electron chi connectivity index (χ2n) is 4.24. The maximum Gasteiger partial charge on any atom is 0.170 e. The molecule has 0 heterocycles. The molecule has 0 bridgehead atoms. The molecule has 0 spiro atoms. The lowest BCUT2D eigenvalue weighted by Gasteiger charge is -2.18. The van der Waals surface area contributed by atoms with Gasteiger partial charge in [-0.25, -0.2) is 0 Å². The van der Waals surface area contributed by atoms with Gasteiger partial charge in [0, 0.05) is 11.7 Å². The number of hydrogen-bond acceptors (Lipinski definition) is 2. The molecule has 0 aliphatic heterocycles. The lowest BCUT2D eigenvalue weighted by molar-refractivity contribution is 0.363. The highest BCUT2D eigenvalue weighted by Gasteiger charge is 2.05. The van der Waals surface area contributed by atoms with Crippen LogP contribution in [-0.2, 0) is 0 Å². The molecule has 1 aromatic carbocycles. The van der Waals surface area contributed by atoms with Crippen molar-refractivity contribution in [3.63, 3.8) is 0 Å². The van der Waals surface area contributed by atoms with Gasteiger partial charge in [-0.3, -0.25) is 0 Å². The van der Waals surface area contributed by atoms with E-state index in [9.17, 15) is 0 Å². The molecule has 0 saturated carbocycles. The molecule has 0 aromatic heterocycles. The Labute approximate surface area is 121 Å². The fourth-order valence-corrected chi connectivity index (χ4v) is 1.92. The minimum Gasteiger partial charge on any atom is -0.490 e. The molecular formula is C15H22N2OS. The van der Waals surface area contributed by atoms with Crippen LogP contribution in [0.3, 0.4) is 0 Å². The summed E-state index contributed by atoms with van der Waals surface area (Å²) >= 11 is 5.28. The van der Waals surface area contributed by atoms with Crippen molar-refractivity contribution in [2.75, 3.05) is 11.9 Å². The summed E-state index contributed by atoms with van der Waals surface area (Å²) in [6, 6.07) is 8.13. The van der Waals surface area contributed by atoms with E-state index in [1.165, 1.54) is 0 Å². The predicted molar refractivity (Wildman–Crippen MR) is 85.9 cm³/mol. The number of ether oxygens (including phenoxy) is 1. The fraction of sp³-hybridized carbons (Fsp3) is 0.400. The Kier molecular flexibility index (Phi) is 6.97. The highest BCUT2D eigenvalue weighted by Crippen LogP contribution is 2.15. The summed E-state index contributed by atoms with van der Waals surface area (Å²) in [5.41, 5.74) is 0.953. The summed E-state index contributed by atoms with van der Waals surface area (Å²) in [7, 11) is 0. The molecule has 0 radical (unpaired) electrons. The molecular weight excluding hydrogens is 256 g/mol. The minimum absolute atomic E-state index is 0.426. The summed E-state index contributed by atoms with van der Waals surface area (Å²) in [6.07, 6.45) is 3.85. The Morgan fingerprint density at radius 1 is 1.32 bits per heavy atom. The number of thiocarbonyl (C=S) groups is 1. The first kappa shape index (κ1) is 15.5. The van der Waals surface area contributed by atoms with Gasteiger partial charge in [-0.2, -0.15) is 0 Å². The van der Waals surface area contributed by atoms with Gasteiger partial charge in [0.1, 0.15) is 12.4 Å². The van der Waals surface area contributed by atoms with E-state index in [1.54, 1.807) is 6.08 Å². The summed E-state index contributed by atoms with van der Waals surface area (Å²) < 4.78 is 5.42. The molecule has 1 rings (SSSR count). The third kappa shape index (κ3) is 5.75. The van der Waals surface area contributed by atoms with Gasteiger partial charge in [-0.15, -0.1) is 0 Å². The van der Waals surface area contributed by atoms with E-state index in [2.05, 4.69) is 31.1 Å². The van der Waals surface area contributed by atoms with Gasteiger partial charge in [0.25, 0.3) is 0 Å². The van der Waals surface area contributed by atoms with Crippen LogP contribution in [-0.4, -0.2) is 17.8 Å². The molecule has 0 saturated heterocycles. The van der Waals surface area contributed by atoms with Crippen molar-refractivity contribution < 1.29 is 4.74 Å². The molecule has 0 amide bonds. The number of rotatable bonds is 7. The SMILES string of the molecule is C=CCOc1ccc(NC(=S)NC(CC)CC)cc1. The Morgan fingerprint density at radius 3 is 2.47 bits per heavy atom. The van der Waals surface area contributed by atoms with E-state index < -0.39 is 0 Å². The molecule has 0 atom stereocenters. The Bertz CT molecular complexity index is 399. The van der Waals surface area contributed by atoms with Gasteiger partial charge in [-0.1, -0.05) is 26.5 Å². The average molecular weight is 278 g/mol. The quantitative estimate of drug-likeness (QED) is 0.588. The van der Waals surface area contributed by atoms with Crippen LogP contribution >= 0.6 is 12.2 Å². The van der Waals surface area contributed by atoms with Gasteiger partial charge in [0.05, 0.1) is 0 Å². The van der Waals surface area contributed by atoms with E-state index in [1.807, 2.05) is 24.3 Å². The van der Waals surface area contributed by atoms with Crippen molar-refractivity contribution in [1.29, 1.82) is 0 Å². The zero-order valence-corrected chi connectivity index (χ0v) is 12.4. The Morgan fingerprint density at radius 2 is 1.95 bits per heavy atom. The van der Waals surface area contributed by atoms with Crippen LogP contribution in [0.2, 0.25) is 0 Å². The average Bonchev–Trinajstić information content (AvgIpc) is 2.44. The van der Waals surface area contributed by atoms with E-state index in [-0.39, 0.29) is 0 Å². The van der Waals surface area contributed by atoms with Crippen LogP contribution < -0.4 is 15.4 Å². The first-order chi connectivity index (χ1) is 9.19. The first-order valence-corrected chi connectivity index (χ1v) is 7.01. The second kappa shape index (κ2) is 8.53. The Balaban J connectivity index is 2.48. The summed E-state index contributed by atoms with van der Waals surface area (Å²) in [5, 5.41) is 7.12. The molecule has 3 nitrogen and oxygen atoms in total. The molecule has 1 aromatic rings. The topological polar surface area (TPSA) is 33.3 Å². The molecule has 2 N–H and O–H groups in total. The van der Waals surface area contributed by atoms with E-state index >= 15 is 0 Å². The van der Waals surface area contributed by atoms with Crippen LogP contribution in [0, 0.1) is 0 Å². The maximum absolute atomic E-state index is 5.42. The molecule has 4 heteroatoms. The largest absolute Gasteiger partial charge is 0.490 e. The van der Waals surface area contributed by atoms with Crippen LogP contribution in [0.5, 0.6) is 5.75 Å². The third-order valence-electron chi connectivity index (χ3n) is 2.80. The van der Waals surface area contributed by atoms with Gasteiger partial charge in [0.2, 0.25) is 0 Å². The smallest absolute Gasteiger partial charge is 0.170 e. The Hall–Kier alpha value is -1.55. The second-order valence-corrected chi connectivity index (χ2v) is 4.64. The molecule has 0 unspecified atom stereocenters. The summed E-state index contributed by atoms with van der Waals surface area (Å²) in [6.45, 7) is 8.43. The van der Waals surface area contributed by atoms with Gasteiger partial charge in [-0.05, 0) is 49.3 Å². The number of nitrogens with one attached hydrogen (secondary N) is 2.